The fourth-order valence-electron chi connectivity index (χ4n) is 4.30. The molecule has 0 saturated carbocycles. The number of aromatic nitrogens is 1. The Kier molecular flexibility index (Phi) is 4.04. The van der Waals surface area contributed by atoms with Gasteiger partial charge in [-0.25, -0.2) is 4.79 Å². The van der Waals surface area contributed by atoms with Crippen molar-refractivity contribution in [3.8, 4) is 0 Å². The molecule has 0 radical (unpaired) electrons. The Morgan fingerprint density at radius 3 is 2.92 bits per heavy atom. The van der Waals surface area contributed by atoms with Gasteiger partial charge in [0.05, 0.1) is 6.04 Å². The summed E-state index contributed by atoms with van der Waals surface area (Å²) in [4.78, 5) is 20.0. The molecule has 1 aliphatic heterocycles. The number of H-pyrrole nitrogens is 1. The summed E-state index contributed by atoms with van der Waals surface area (Å²) in [6.45, 7) is 6.34. The summed E-state index contributed by atoms with van der Waals surface area (Å²) in [7, 11) is 2.16. The van der Waals surface area contributed by atoms with Gasteiger partial charge in [-0.1, -0.05) is 18.2 Å². The number of nitrogens with zero attached hydrogens (tertiary/aromatic N) is 2. The maximum absolute atomic E-state index is 12.4. The third-order valence-corrected chi connectivity index (χ3v) is 5.63. The van der Waals surface area contributed by atoms with Crippen LogP contribution in [-0.2, 0) is 6.42 Å². The molecule has 5 nitrogen and oxygen atoms in total. The molecule has 1 aromatic carbocycles. The summed E-state index contributed by atoms with van der Waals surface area (Å²) in [5.74, 6) is 0. The normalized spacial score (nSPS) is 22.4. The number of amides is 2. The second kappa shape index (κ2) is 6.23. The van der Waals surface area contributed by atoms with E-state index in [1.165, 1.54) is 27.6 Å². The van der Waals surface area contributed by atoms with E-state index in [2.05, 4.69) is 52.7 Å². The molecule has 2 atom stereocenters. The van der Waals surface area contributed by atoms with Crippen LogP contribution in [0.15, 0.2) is 30.5 Å². The van der Waals surface area contributed by atoms with Crippen molar-refractivity contribution in [2.75, 3.05) is 26.7 Å². The number of fused-ring (bicyclic) bond motifs is 2. The number of rotatable bonds is 3. The van der Waals surface area contributed by atoms with Gasteiger partial charge in [0.1, 0.15) is 0 Å². The maximum Gasteiger partial charge on any atom is 0.317 e. The Balaban J connectivity index is 1.69. The molecule has 5 heteroatoms. The van der Waals surface area contributed by atoms with E-state index in [9.17, 15) is 4.79 Å². The van der Waals surface area contributed by atoms with Crippen molar-refractivity contribution in [1.82, 2.24) is 20.1 Å². The van der Waals surface area contributed by atoms with Crippen LogP contribution in [0.5, 0.6) is 0 Å². The second-order valence-corrected chi connectivity index (χ2v) is 7.05. The van der Waals surface area contributed by atoms with Gasteiger partial charge in [-0.2, -0.15) is 0 Å². The van der Waals surface area contributed by atoms with Crippen molar-refractivity contribution in [2.24, 2.45) is 0 Å². The number of benzene rings is 1. The Labute approximate surface area is 148 Å². The van der Waals surface area contributed by atoms with E-state index in [1.54, 1.807) is 0 Å². The summed E-state index contributed by atoms with van der Waals surface area (Å²) < 4.78 is 0. The van der Waals surface area contributed by atoms with E-state index in [0.717, 1.165) is 26.1 Å². The third kappa shape index (κ3) is 2.63. The average Bonchev–Trinajstić information content (AvgIpc) is 3.02. The number of urea groups is 1. The Bertz CT molecular complexity index is 833. The lowest BCUT2D eigenvalue weighted by atomic mass is 9.81. The van der Waals surface area contributed by atoms with Crippen molar-refractivity contribution in [2.45, 2.75) is 32.4 Å². The van der Waals surface area contributed by atoms with Crippen LogP contribution in [0, 0.1) is 0 Å². The van der Waals surface area contributed by atoms with Crippen LogP contribution < -0.4 is 5.32 Å². The van der Waals surface area contributed by atoms with Gasteiger partial charge in [-0.3, -0.25) is 4.90 Å². The van der Waals surface area contributed by atoms with Gasteiger partial charge in [0.2, 0.25) is 0 Å². The Morgan fingerprint density at radius 1 is 1.36 bits per heavy atom. The molecule has 2 amide bonds. The molecule has 132 valence electrons. The van der Waals surface area contributed by atoms with Crippen molar-refractivity contribution in [3.05, 3.63) is 41.6 Å². The summed E-state index contributed by atoms with van der Waals surface area (Å²) in [5, 5.41) is 4.54. The van der Waals surface area contributed by atoms with E-state index in [0.29, 0.717) is 6.04 Å². The first-order valence-electron chi connectivity index (χ1n) is 9.19. The predicted molar refractivity (Wildman–Crippen MR) is 102 cm³/mol. The lowest BCUT2D eigenvalue weighted by molar-refractivity contribution is 0.193. The highest BCUT2D eigenvalue weighted by Gasteiger charge is 2.34. The summed E-state index contributed by atoms with van der Waals surface area (Å²) >= 11 is 0. The van der Waals surface area contributed by atoms with E-state index in [1.807, 2.05) is 18.7 Å². The number of carbonyl (C=O) groups is 1. The monoisotopic (exact) mass is 338 g/mol. The zero-order valence-electron chi connectivity index (χ0n) is 15.2. The van der Waals surface area contributed by atoms with Gasteiger partial charge in [-0.15, -0.1) is 0 Å². The van der Waals surface area contributed by atoms with Crippen LogP contribution in [0.4, 0.5) is 4.79 Å². The predicted octanol–water partition coefficient (Wildman–Crippen LogP) is 2.84. The molecule has 0 unspecified atom stereocenters. The average molecular weight is 338 g/mol. The number of likely N-dealkylation sites (N-methyl/N-ethyl adjacent to an activating group) is 1. The molecule has 1 aliphatic carbocycles. The van der Waals surface area contributed by atoms with Gasteiger partial charge < -0.3 is 15.2 Å². The highest BCUT2D eigenvalue weighted by Crippen LogP contribution is 2.39. The highest BCUT2D eigenvalue weighted by molar-refractivity contribution is 5.98. The Morgan fingerprint density at radius 2 is 2.16 bits per heavy atom. The van der Waals surface area contributed by atoms with Crippen molar-refractivity contribution in [1.29, 1.82) is 0 Å². The van der Waals surface area contributed by atoms with Crippen molar-refractivity contribution >= 4 is 22.5 Å². The van der Waals surface area contributed by atoms with Crippen molar-refractivity contribution < 1.29 is 4.79 Å². The van der Waals surface area contributed by atoms with Gasteiger partial charge >= 0.3 is 6.03 Å². The van der Waals surface area contributed by atoms with E-state index < -0.39 is 0 Å². The van der Waals surface area contributed by atoms with E-state index in [4.69, 9.17) is 0 Å². The zero-order chi connectivity index (χ0) is 17.6. The van der Waals surface area contributed by atoms with Crippen LogP contribution in [0.2, 0.25) is 0 Å². The van der Waals surface area contributed by atoms with Gasteiger partial charge in [0.15, 0.2) is 0 Å². The minimum absolute atomic E-state index is 0.0232. The molecule has 25 heavy (non-hydrogen) atoms. The van der Waals surface area contributed by atoms with Gasteiger partial charge in [0.25, 0.3) is 0 Å². The van der Waals surface area contributed by atoms with E-state index >= 15 is 0 Å². The first-order valence-corrected chi connectivity index (χ1v) is 9.19. The molecular formula is C20H26N4O. The lowest BCUT2D eigenvalue weighted by Crippen LogP contribution is -2.52. The topological polar surface area (TPSA) is 51.4 Å². The smallest absolute Gasteiger partial charge is 0.317 e. The standard InChI is InChI=1S/C20H26N4O/c1-4-24(5-2)20(25)22-14-10-16-15-7-6-8-17-19(15)13(11-21-17)9-18(16)23(3)12-14/h6-8,10-11,14,18,21H,4-5,9,12H2,1-3H3,(H,22,25)/t14-,18-/m0/s1. The van der Waals surface area contributed by atoms with Gasteiger partial charge in [-0.05, 0) is 50.1 Å². The summed E-state index contributed by atoms with van der Waals surface area (Å²) in [5.41, 5.74) is 5.24. The second-order valence-electron chi connectivity index (χ2n) is 7.05. The molecule has 0 fully saturated rings. The van der Waals surface area contributed by atoms with Gasteiger partial charge in [0, 0.05) is 42.8 Å². The first kappa shape index (κ1) is 16.2. The Hall–Kier alpha value is -2.27. The molecule has 1 aromatic heterocycles. The minimum atomic E-state index is 0.0232. The third-order valence-electron chi connectivity index (χ3n) is 5.63. The van der Waals surface area contributed by atoms with Crippen LogP contribution in [-0.4, -0.2) is 59.6 Å². The number of nitrogens with one attached hydrogen (secondary N) is 2. The summed E-state index contributed by atoms with van der Waals surface area (Å²) in [6, 6.07) is 6.90. The molecule has 2 aromatic rings. The quantitative estimate of drug-likeness (QED) is 0.904. The molecule has 0 spiro atoms. The molecule has 2 aliphatic rings. The van der Waals surface area contributed by atoms with E-state index in [-0.39, 0.29) is 12.1 Å². The van der Waals surface area contributed by atoms with Crippen molar-refractivity contribution in [3.63, 3.8) is 0 Å². The molecule has 0 bridgehead atoms. The molecule has 2 heterocycles. The lowest BCUT2D eigenvalue weighted by Gasteiger charge is -2.40. The largest absolute Gasteiger partial charge is 0.361 e. The summed E-state index contributed by atoms with van der Waals surface area (Å²) in [6.07, 6.45) is 5.44. The SMILES string of the molecule is CCN(CC)C(=O)N[C@H]1C=C2c3cccc4[nH]cc(c34)C[C@@H]2N(C)C1. The van der Waals surface area contributed by atoms with Crippen LogP contribution >= 0.6 is 0 Å². The zero-order valence-corrected chi connectivity index (χ0v) is 15.2. The van der Waals surface area contributed by atoms with Crippen LogP contribution in [0.1, 0.15) is 25.0 Å². The maximum atomic E-state index is 12.4. The van der Waals surface area contributed by atoms with Crippen LogP contribution in [0.25, 0.3) is 16.5 Å². The molecule has 0 saturated heterocycles. The number of hydrogen-bond acceptors (Lipinski definition) is 2. The molecule has 2 N–H and O–H groups in total. The highest BCUT2D eigenvalue weighted by atomic mass is 16.2. The number of carbonyl (C=O) groups excluding carboxylic acids is 1. The minimum Gasteiger partial charge on any atom is -0.361 e. The molecular weight excluding hydrogens is 312 g/mol. The molecule has 4 rings (SSSR count). The fraction of sp³-hybridized carbons (Fsp3) is 0.450. The number of aromatic amines is 1. The van der Waals surface area contributed by atoms with Crippen LogP contribution in [0.3, 0.4) is 0 Å². The fourth-order valence-corrected chi connectivity index (χ4v) is 4.30. The number of hydrogen-bond donors (Lipinski definition) is 2. The first-order chi connectivity index (χ1) is 12.1.